The molecular formula is C8HF15KO2. The van der Waals surface area contributed by atoms with Crippen LogP contribution in [0.4, 0.5) is 65.9 Å². The maximum absolute atomic E-state index is 12.8. The number of halogens is 15. The van der Waals surface area contributed by atoms with E-state index < -0.39 is 47.7 Å². The summed E-state index contributed by atoms with van der Waals surface area (Å²) in [5, 5.41) is 7.57. The number of aliphatic carboxylic acids is 1. The zero-order chi connectivity index (χ0) is 21.1. The number of hydrogen-bond acceptors (Lipinski definition) is 1. The quantitative estimate of drug-likeness (QED) is 0.487. The molecule has 0 bridgehead atoms. The Kier molecular flexibility index (Phi) is 7.77. The van der Waals surface area contributed by atoms with Crippen molar-refractivity contribution in [1.29, 1.82) is 0 Å². The first-order valence-corrected chi connectivity index (χ1v) is 5.01. The summed E-state index contributed by atoms with van der Waals surface area (Å²) >= 11 is 0. The Labute approximate surface area is 174 Å². The minimum Gasteiger partial charge on any atom is -0.477 e. The van der Waals surface area contributed by atoms with E-state index in [2.05, 4.69) is 0 Å². The Morgan fingerprint density at radius 1 is 0.500 bits per heavy atom. The van der Waals surface area contributed by atoms with Gasteiger partial charge < -0.3 is 5.11 Å². The third-order valence-corrected chi connectivity index (χ3v) is 2.60. The van der Waals surface area contributed by atoms with Gasteiger partial charge in [0.05, 0.1) is 0 Å². The predicted octanol–water partition coefficient (Wildman–Crippen LogP) is 4.06. The number of carbonyl (C=O) groups is 1. The maximum atomic E-state index is 12.8. The van der Waals surface area contributed by atoms with Gasteiger partial charge in [-0.1, -0.05) is 0 Å². The van der Waals surface area contributed by atoms with E-state index >= 15 is 0 Å². The van der Waals surface area contributed by atoms with Crippen molar-refractivity contribution in [2.75, 3.05) is 0 Å². The minimum absolute atomic E-state index is 0. The second-order valence-corrected chi connectivity index (χ2v) is 4.25. The maximum Gasteiger partial charge on any atom is 0.460 e. The summed E-state index contributed by atoms with van der Waals surface area (Å²) in [6, 6.07) is 0. The topological polar surface area (TPSA) is 37.3 Å². The van der Waals surface area contributed by atoms with Crippen LogP contribution in [0.3, 0.4) is 0 Å². The van der Waals surface area contributed by atoms with Crippen molar-refractivity contribution >= 4 is 57.4 Å². The molecule has 0 saturated carbocycles. The zero-order valence-corrected chi connectivity index (χ0v) is 14.6. The van der Waals surface area contributed by atoms with Crippen molar-refractivity contribution in [3.8, 4) is 0 Å². The van der Waals surface area contributed by atoms with E-state index in [-0.39, 0.29) is 51.4 Å². The summed E-state index contributed by atoms with van der Waals surface area (Å²) < 4.78 is 187. The average Bonchev–Trinajstić information content (AvgIpc) is 2.35. The fraction of sp³-hybridized carbons (Fsp3) is 0.875. The van der Waals surface area contributed by atoms with E-state index in [0.717, 1.165) is 0 Å². The molecule has 0 saturated heterocycles. The Balaban J connectivity index is 0. The molecule has 1 radical (unpaired) electrons. The van der Waals surface area contributed by atoms with E-state index in [1.165, 1.54) is 0 Å². The summed E-state index contributed by atoms with van der Waals surface area (Å²) in [6.45, 7) is 0. The van der Waals surface area contributed by atoms with E-state index in [1.54, 1.807) is 0 Å². The molecule has 0 aliphatic rings. The van der Waals surface area contributed by atoms with Crippen LogP contribution < -0.4 is 0 Å². The normalized spacial score (nSPS) is 15.5. The van der Waals surface area contributed by atoms with E-state index in [1.807, 2.05) is 0 Å². The summed E-state index contributed by atoms with van der Waals surface area (Å²) in [6.07, 6.45) is -7.69. The van der Waals surface area contributed by atoms with Crippen LogP contribution >= 0.6 is 0 Å². The van der Waals surface area contributed by atoms with Crippen LogP contribution in [-0.2, 0) is 4.79 Å². The summed E-state index contributed by atoms with van der Waals surface area (Å²) in [5.74, 6) is -52.8. The van der Waals surface area contributed by atoms with Gasteiger partial charge in [-0.15, -0.1) is 0 Å². The van der Waals surface area contributed by atoms with Crippen LogP contribution in [0, 0.1) is 0 Å². The van der Waals surface area contributed by atoms with Crippen molar-refractivity contribution in [1.82, 2.24) is 0 Å². The molecule has 151 valence electrons. The number of carboxylic acid groups (broad SMARTS) is 1. The van der Waals surface area contributed by atoms with Gasteiger partial charge >= 0.3 is 47.7 Å². The average molecular weight is 453 g/mol. The standard InChI is InChI=1S/C8HF15O2.K/c9-2(10,1(24)25)3(11,12)4(13,14)5(15,16)6(17,18)7(19,20)8(21,22)23;/h(H,24,25);. The second-order valence-electron chi connectivity index (χ2n) is 4.25. The third-order valence-electron chi connectivity index (χ3n) is 2.60. The first-order valence-electron chi connectivity index (χ1n) is 5.01. The Morgan fingerprint density at radius 3 is 0.962 bits per heavy atom. The molecule has 0 aliphatic heterocycles. The molecular weight excluding hydrogens is 452 g/mol. The fourth-order valence-electron chi connectivity index (χ4n) is 1.10. The van der Waals surface area contributed by atoms with Gasteiger partial charge in [0.2, 0.25) is 0 Å². The largest absolute Gasteiger partial charge is 0.477 e. The summed E-state index contributed by atoms with van der Waals surface area (Å²) in [7, 11) is 0. The number of carboxylic acids is 1. The van der Waals surface area contributed by atoms with Gasteiger partial charge in [0, 0.05) is 51.4 Å². The molecule has 26 heavy (non-hydrogen) atoms. The molecule has 0 unspecified atom stereocenters. The van der Waals surface area contributed by atoms with Crippen LogP contribution in [0.15, 0.2) is 0 Å². The van der Waals surface area contributed by atoms with Crippen molar-refractivity contribution in [3.63, 3.8) is 0 Å². The third kappa shape index (κ3) is 3.55. The molecule has 0 heterocycles. The van der Waals surface area contributed by atoms with Crippen molar-refractivity contribution in [2.24, 2.45) is 0 Å². The van der Waals surface area contributed by atoms with E-state index in [0.29, 0.717) is 0 Å². The van der Waals surface area contributed by atoms with Gasteiger partial charge in [0.15, 0.2) is 0 Å². The first-order chi connectivity index (χ1) is 10.4. The first kappa shape index (κ1) is 28.3. The second kappa shape index (κ2) is 7.14. The Hall–Kier alpha value is 0.0564. The fourth-order valence-corrected chi connectivity index (χ4v) is 1.10. The summed E-state index contributed by atoms with van der Waals surface area (Å²) in [5.41, 5.74) is 0. The molecule has 18 heteroatoms. The van der Waals surface area contributed by atoms with E-state index in [4.69, 9.17) is 5.11 Å². The van der Waals surface area contributed by atoms with Gasteiger partial charge in [-0.05, 0) is 0 Å². The monoisotopic (exact) mass is 453 g/mol. The number of hydrogen-bond donors (Lipinski definition) is 1. The zero-order valence-electron chi connectivity index (χ0n) is 11.5. The van der Waals surface area contributed by atoms with Crippen LogP contribution in [0.25, 0.3) is 0 Å². The Bertz CT molecular complexity index is 536. The number of alkyl halides is 15. The molecule has 0 fully saturated rings. The smallest absolute Gasteiger partial charge is 0.460 e. The van der Waals surface area contributed by atoms with Gasteiger partial charge in [-0.25, -0.2) is 4.79 Å². The molecule has 0 aromatic rings. The van der Waals surface area contributed by atoms with Crippen LogP contribution in [-0.4, -0.2) is 104 Å². The molecule has 0 spiro atoms. The molecule has 0 atom stereocenters. The molecule has 2 nitrogen and oxygen atoms in total. The molecule has 0 rings (SSSR count). The van der Waals surface area contributed by atoms with Crippen molar-refractivity contribution in [3.05, 3.63) is 0 Å². The molecule has 0 aromatic carbocycles. The van der Waals surface area contributed by atoms with Crippen molar-refractivity contribution in [2.45, 2.75) is 41.7 Å². The number of rotatable bonds is 6. The van der Waals surface area contributed by atoms with Gasteiger partial charge in [-0.2, -0.15) is 65.9 Å². The minimum atomic E-state index is -8.47. The van der Waals surface area contributed by atoms with Crippen LogP contribution in [0.5, 0.6) is 0 Å². The van der Waals surface area contributed by atoms with Gasteiger partial charge in [0.1, 0.15) is 0 Å². The van der Waals surface area contributed by atoms with Gasteiger partial charge in [-0.3, -0.25) is 0 Å². The molecule has 0 aromatic heterocycles. The van der Waals surface area contributed by atoms with Crippen molar-refractivity contribution < 1.29 is 75.8 Å². The SMILES string of the molecule is O=C(O)C(F)(F)C(F)(F)C(F)(F)C(F)(F)C(F)(F)C(F)(F)C(F)(F)F.[K]. The molecule has 1 N–H and O–H groups in total. The molecule has 0 aliphatic carbocycles. The molecule has 0 amide bonds. The van der Waals surface area contributed by atoms with E-state index in [9.17, 15) is 70.7 Å². The summed E-state index contributed by atoms with van der Waals surface area (Å²) in [4.78, 5) is 9.72. The Morgan fingerprint density at radius 2 is 0.731 bits per heavy atom. The predicted molar refractivity (Wildman–Crippen MR) is 49.1 cm³/mol. The van der Waals surface area contributed by atoms with Gasteiger partial charge in [0.25, 0.3) is 0 Å². The van der Waals surface area contributed by atoms with Crippen LogP contribution in [0.1, 0.15) is 0 Å². The van der Waals surface area contributed by atoms with Crippen LogP contribution in [0.2, 0.25) is 0 Å².